The Morgan fingerprint density at radius 3 is 2.85 bits per heavy atom. The van der Waals surface area contributed by atoms with Gasteiger partial charge >= 0.3 is 0 Å². The Morgan fingerprint density at radius 2 is 2.20 bits per heavy atom. The molecule has 0 aliphatic rings. The van der Waals surface area contributed by atoms with E-state index in [9.17, 15) is 4.79 Å². The molecule has 2 aromatic heterocycles. The minimum Gasteiger partial charge on any atom is -0.466 e. The van der Waals surface area contributed by atoms with Gasteiger partial charge in [0, 0.05) is 19.7 Å². The van der Waals surface area contributed by atoms with Crippen molar-refractivity contribution < 1.29 is 9.53 Å². The van der Waals surface area contributed by atoms with Gasteiger partial charge in [-0.1, -0.05) is 0 Å². The van der Waals surface area contributed by atoms with E-state index in [4.69, 9.17) is 4.74 Å². The van der Waals surface area contributed by atoms with E-state index in [2.05, 4.69) is 10.2 Å². The van der Waals surface area contributed by atoms with Gasteiger partial charge < -0.3 is 9.64 Å². The van der Waals surface area contributed by atoms with Crippen molar-refractivity contribution in [2.45, 2.75) is 20.4 Å². The third-order valence-electron chi connectivity index (χ3n) is 2.98. The second kappa shape index (κ2) is 6.47. The lowest BCUT2D eigenvalue weighted by atomic mass is 10.2. The van der Waals surface area contributed by atoms with Crippen molar-refractivity contribution >= 4 is 17.2 Å². The monoisotopic (exact) mass is 291 g/mol. The van der Waals surface area contributed by atoms with Crippen LogP contribution in [-0.2, 0) is 11.3 Å². The van der Waals surface area contributed by atoms with Crippen molar-refractivity contribution in [1.29, 1.82) is 0 Å². The number of aryl methyl sites for hydroxylation is 2. The van der Waals surface area contributed by atoms with Crippen LogP contribution in [0.15, 0.2) is 22.9 Å². The van der Waals surface area contributed by atoms with Gasteiger partial charge in [-0.2, -0.15) is 16.4 Å². The summed E-state index contributed by atoms with van der Waals surface area (Å²) in [4.78, 5) is 13.6. The first-order chi connectivity index (χ1) is 9.56. The van der Waals surface area contributed by atoms with Crippen molar-refractivity contribution in [3.8, 4) is 5.88 Å². The third kappa shape index (κ3) is 3.77. The fraction of sp³-hybridized carbons (Fsp3) is 0.357. The van der Waals surface area contributed by atoms with Gasteiger partial charge in [0.25, 0.3) is 5.91 Å². The van der Waals surface area contributed by atoms with Gasteiger partial charge in [-0.25, -0.2) is 0 Å². The van der Waals surface area contributed by atoms with E-state index in [1.54, 1.807) is 29.4 Å². The molecule has 0 spiro atoms. The molecule has 0 unspecified atom stereocenters. The van der Waals surface area contributed by atoms with Gasteiger partial charge in [0.15, 0.2) is 6.61 Å². The summed E-state index contributed by atoms with van der Waals surface area (Å²) in [6, 6.07) is 3.79. The standard InChI is InChI=1S/C14H17N3O2S/c1-10-6-13(16-15-11(10)2)19-8-14(18)17(3)7-12-4-5-20-9-12/h4-6,9H,7-8H2,1-3H3. The molecule has 5 nitrogen and oxygen atoms in total. The molecule has 0 fully saturated rings. The van der Waals surface area contributed by atoms with Gasteiger partial charge in [0.1, 0.15) is 0 Å². The van der Waals surface area contributed by atoms with Crippen LogP contribution in [0.25, 0.3) is 0 Å². The molecule has 0 aromatic carbocycles. The summed E-state index contributed by atoms with van der Waals surface area (Å²) in [6.07, 6.45) is 0. The van der Waals surface area contributed by atoms with Gasteiger partial charge in [-0.05, 0) is 41.8 Å². The molecule has 0 radical (unpaired) electrons. The zero-order valence-electron chi connectivity index (χ0n) is 11.8. The van der Waals surface area contributed by atoms with E-state index in [-0.39, 0.29) is 12.5 Å². The molecule has 20 heavy (non-hydrogen) atoms. The van der Waals surface area contributed by atoms with Crippen LogP contribution in [0.3, 0.4) is 0 Å². The molecule has 0 aliphatic heterocycles. The van der Waals surface area contributed by atoms with Gasteiger partial charge in [0.05, 0.1) is 5.69 Å². The molecule has 0 N–H and O–H groups in total. The molecular formula is C14H17N3O2S. The maximum absolute atomic E-state index is 12.0. The van der Waals surface area contributed by atoms with E-state index in [0.29, 0.717) is 12.4 Å². The first-order valence-electron chi connectivity index (χ1n) is 6.25. The van der Waals surface area contributed by atoms with Crippen LogP contribution >= 0.6 is 11.3 Å². The highest BCUT2D eigenvalue weighted by Gasteiger charge is 2.11. The summed E-state index contributed by atoms with van der Waals surface area (Å²) >= 11 is 1.62. The Morgan fingerprint density at radius 1 is 1.40 bits per heavy atom. The number of carbonyl (C=O) groups excluding carboxylic acids is 1. The van der Waals surface area contributed by atoms with Crippen LogP contribution in [0.1, 0.15) is 16.8 Å². The molecule has 0 atom stereocenters. The molecule has 2 rings (SSSR count). The highest BCUT2D eigenvalue weighted by Crippen LogP contribution is 2.11. The third-order valence-corrected chi connectivity index (χ3v) is 3.71. The maximum atomic E-state index is 12.0. The number of hydrogen-bond donors (Lipinski definition) is 0. The van der Waals surface area contributed by atoms with Gasteiger partial charge in [-0.3, -0.25) is 4.79 Å². The molecule has 6 heteroatoms. The number of aromatic nitrogens is 2. The van der Waals surface area contributed by atoms with E-state index >= 15 is 0 Å². The van der Waals surface area contributed by atoms with Crippen molar-refractivity contribution in [3.05, 3.63) is 39.7 Å². The minimum atomic E-state index is -0.0868. The highest BCUT2D eigenvalue weighted by molar-refractivity contribution is 7.07. The van der Waals surface area contributed by atoms with E-state index in [1.165, 1.54) is 0 Å². The zero-order chi connectivity index (χ0) is 14.5. The summed E-state index contributed by atoms with van der Waals surface area (Å²) in [6.45, 7) is 4.37. The number of rotatable bonds is 5. The average Bonchev–Trinajstić information content (AvgIpc) is 2.92. The molecule has 106 valence electrons. The Labute approximate surface area is 122 Å². The predicted octanol–water partition coefficient (Wildman–Crippen LogP) is 2.19. The summed E-state index contributed by atoms with van der Waals surface area (Å²) < 4.78 is 5.38. The fourth-order valence-corrected chi connectivity index (χ4v) is 2.24. The van der Waals surface area contributed by atoms with Crippen molar-refractivity contribution in [1.82, 2.24) is 15.1 Å². The normalized spacial score (nSPS) is 10.3. The van der Waals surface area contributed by atoms with Crippen LogP contribution in [0.4, 0.5) is 0 Å². The Kier molecular flexibility index (Phi) is 4.68. The van der Waals surface area contributed by atoms with Gasteiger partial charge in [-0.15, -0.1) is 5.10 Å². The molecule has 2 heterocycles. The van der Waals surface area contributed by atoms with Crippen molar-refractivity contribution in [2.75, 3.05) is 13.7 Å². The highest BCUT2D eigenvalue weighted by atomic mass is 32.1. The van der Waals surface area contributed by atoms with Crippen molar-refractivity contribution in [2.24, 2.45) is 0 Å². The quantitative estimate of drug-likeness (QED) is 0.847. The Hall–Kier alpha value is -1.95. The van der Waals surface area contributed by atoms with E-state index in [0.717, 1.165) is 16.8 Å². The lowest BCUT2D eigenvalue weighted by molar-refractivity contribution is -0.132. The number of amides is 1. The molecule has 0 saturated carbocycles. The minimum absolute atomic E-state index is 0.0299. The number of nitrogens with zero attached hydrogens (tertiary/aromatic N) is 3. The summed E-state index contributed by atoms with van der Waals surface area (Å²) in [5.74, 6) is 0.293. The number of ether oxygens (including phenoxy) is 1. The Bertz CT molecular complexity index is 584. The van der Waals surface area contributed by atoms with Crippen LogP contribution in [0.5, 0.6) is 5.88 Å². The molecule has 2 aromatic rings. The topological polar surface area (TPSA) is 55.3 Å². The predicted molar refractivity (Wildman–Crippen MR) is 77.8 cm³/mol. The molecule has 0 aliphatic carbocycles. The summed E-state index contributed by atoms with van der Waals surface area (Å²) in [7, 11) is 1.76. The SMILES string of the molecule is Cc1cc(OCC(=O)N(C)Cc2ccsc2)nnc1C. The van der Waals surface area contributed by atoms with Gasteiger partial charge in [0.2, 0.25) is 5.88 Å². The second-order valence-corrected chi connectivity index (χ2v) is 5.40. The number of carbonyl (C=O) groups is 1. The van der Waals surface area contributed by atoms with Crippen LogP contribution < -0.4 is 4.74 Å². The number of likely N-dealkylation sites (N-methyl/N-ethyl adjacent to an activating group) is 1. The van der Waals surface area contributed by atoms with E-state index < -0.39 is 0 Å². The smallest absolute Gasteiger partial charge is 0.260 e. The van der Waals surface area contributed by atoms with Crippen LogP contribution in [0, 0.1) is 13.8 Å². The largest absolute Gasteiger partial charge is 0.466 e. The first kappa shape index (κ1) is 14.5. The van der Waals surface area contributed by atoms with Crippen LogP contribution in [-0.4, -0.2) is 34.7 Å². The van der Waals surface area contributed by atoms with Crippen LogP contribution in [0.2, 0.25) is 0 Å². The first-order valence-corrected chi connectivity index (χ1v) is 7.19. The Balaban J connectivity index is 1.86. The molecule has 0 saturated heterocycles. The molecule has 1 amide bonds. The number of thiophene rings is 1. The summed E-state index contributed by atoms with van der Waals surface area (Å²) in [5, 5.41) is 11.9. The molecule has 0 bridgehead atoms. The average molecular weight is 291 g/mol. The lowest BCUT2D eigenvalue weighted by Gasteiger charge is -2.16. The lowest BCUT2D eigenvalue weighted by Crippen LogP contribution is -2.31. The van der Waals surface area contributed by atoms with E-state index in [1.807, 2.05) is 30.7 Å². The summed E-state index contributed by atoms with van der Waals surface area (Å²) in [5.41, 5.74) is 2.98. The van der Waals surface area contributed by atoms with Crippen molar-refractivity contribution in [3.63, 3.8) is 0 Å². The second-order valence-electron chi connectivity index (χ2n) is 4.62. The zero-order valence-corrected chi connectivity index (χ0v) is 12.6. The molecular weight excluding hydrogens is 274 g/mol. The maximum Gasteiger partial charge on any atom is 0.260 e. The fourth-order valence-electron chi connectivity index (χ4n) is 1.58. The number of hydrogen-bond acceptors (Lipinski definition) is 5.